The number of aromatic nitrogens is 2. The molecule has 4 heteroatoms. The molecular weight excluding hydrogens is 212 g/mol. The molecule has 76 valence electrons. The highest BCUT2D eigenvalue weighted by Gasteiger charge is 2.02. The second-order valence-corrected chi connectivity index (χ2v) is 3.45. The zero-order chi connectivity index (χ0) is 10.7. The van der Waals surface area contributed by atoms with Crippen LogP contribution in [0.25, 0.3) is 11.4 Å². The fourth-order valence-electron chi connectivity index (χ4n) is 1.28. The van der Waals surface area contributed by atoms with E-state index in [-0.39, 0.29) is 6.61 Å². The topological polar surface area (TPSA) is 46.0 Å². The molecule has 0 saturated carbocycles. The zero-order valence-electron chi connectivity index (χ0n) is 7.89. The fourth-order valence-corrected chi connectivity index (χ4v) is 1.42. The minimum Gasteiger partial charge on any atom is -0.392 e. The number of nitrogens with zero attached hydrogens (tertiary/aromatic N) is 2. The van der Waals surface area contributed by atoms with E-state index in [1.54, 1.807) is 12.3 Å². The van der Waals surface area contributed by atoms with Gasteiger partial charge in [0.2, 0.25) is 0 Å². The fraction of sp³-hybridized carbons (Fsp3) is 0.0909. The number of halogens is 1. The predicted molar refractivity (Wildman–Crippen MR) is 58.4 cm³/mol. The molecule has 2 rings (SSSR count). The number of rotatable bonds is 2. The molecule has 0 amide bonds. The maximum absolute atomic E-state index is 9.00. The lowest BCUT2D eigenvalue weighted by atomic mass is 10.1. The molecule has 1 heterocycles. The van der Waals surface area contributed by atoms with Gasteiger partial charge < -0.3 is 5.11 Å². The standard InChI is InChI=1S/C11H9ClN2O/c12-10-4-5-13-11(14-10)9-3-1-2-8(6-9)7-15/h1-6,15H,7H2. The Morgan fingerprint density at radius 2 is 2.13 bits per heavy atom. The third-order valence-corrected chi connectivity index (χ3v) is 2.20. The van der Waals surface area contributed by atoms with E-state index >= 15 is 0 Å². The summed E-state index contributed by atoms with van der Waals surface area (Å²) in [6.45, 7) is 0.00834. The van der Waals surface area contributed by atoms with Gasteiger partial charge in [-0.25, -0.2) is 9.97 Å². The van der Waals surface area contributed by atoms with E-state index < -0.39 is 0 Å². The minimum absolute atomic E-state index is 0.00834. The normalized spacial score (nSPS) is 10.3. The Kier molecular flexibility index (Phi) is 2.94. The first-order valence-electron chi connectivity index (χ1n) is 4.48. The van der Waals surface area contributed by atoms with E-state index in [0.717, 1.165) is 11.1 Å². The molecule has 1 aromatic heterocycles. The van der Waals surface area contributed by atoms with E-state index in [2.05, 4.69) is 9.97 Å². The lowest BCUT2D eigenvalue weighted by Crippen LogP contribution is -1.90. The van der Waals surface area contributed by atoms with Gasteiger partial charge in [-0.3, -0.25) is 0 Å². The quantitative estimate of drug-likeness (QED) is 0.790. The molecule has 0 aliphatic heterocycles. The monoisotopic (exact) mass is 220 g/mol. The smallest absolute Gasteiger partial charge is 0.160 e. The Bertz CT molecular complexity index is 474. The van der Waals surface area contributed by atoms with Crippen LogP contribution in [0.15, 0.2) is 36.5 Å². The van der Waals surface area contributed by atoms with Crippen LogP contribution in [-0.4, -0.2) is 15.1 Å². The van der Waals surface area contributed by atoms with Crippen LogP contribution in [0.5, 0.6) is 0 Å². The Morgan fingerprint density at radius 1 is 1.27 bits per heavy atom. The summed E-state index contributed by atoms with van der Waals surface area (Å²) in [5, 5.41) is 9.41. The summed E-state index contributed by atoms with van der Waals surface area (Å²) in [6.07, 6.45) is 1.61. The first-order valence-corrected chi connectivity index (χ1v) is 4.86. The molecule has 1 N–H and O–H groups in total. The van der Waals surface area contributed by atoms with Crippen LogP contribution in [0.4, 0.5) is 0 Å². The van der Waals surface area contributed by atoms with Gasteiger partial charge in [0.05, 0.1) is 6.61 Å². The van der Waals surface area contributed by atoms with Gasteiger partial charge in [0.1, 0.15) is 5.15 Å². The summed E-state index contributed by atoms with van der Waals surface area (Å²) in [7, 11) is 0. The van der Waals surface area contributed by atoms with Gasteiger partial charge >= 0.3 is 0 Å². The molecule has 0 fully saturated rings. The van der Waals surface area contributed by atoms with Crippen molar-refractivity contribution >= 4 is 11.6 Å². The molecule has 0 spiro atoms. The van der Waals surface area contributed by atoms with Crippen LogP contribution in [-0.2, 0) is 6.61 Å². The molecule has 0 unspecified atom stereocenters. The average Bonchev–Trinajstić information content (AvgIpc) is 2.29. The molecule has 0 bridgehead atoms. The van der Waals surface area contributed by atoms with Crippen LogP contribution in [0.3, 0.4) is 0 Å². The van der Waals surface area contributed by atoms with Gasteiger partial charge in [-0.2, -0.15) is 0 Å². The van der Waals surface area contributed by atoms with E-state index in [1.165, 1.54) is 0 Å². The second kappa shape index (κ2) is 4.38. The van der Waals surface area contributed by atoms with Gasteiger partial charge in [-0.1, -0.05) is 29.8 Å². The molecule has 0 aliphatic rings. The average molecular weight is 221 g/mol. The third-order valence-electron chi connectivity index (χ3n) is 1.99. The Morgan fingerprint density at radius 3 is 2.87 bits per heavy atom. The molecule has 0 atom stereocenters. The largest absolute Gasteiger partial charge is 0.392 e. The summed E-state index contributed by atoms with van der Waals surface area (Å²) in [6, 6.07) is 9.04. The van der Waals surface area contributed by atoms with Gasteiger partial charge in [0.15, 0.2) is 5.82 Å². The van der Waals surface area contributed by atoms with E-state index in [9.17, 15) is 0 Å². The van der Waals surface area contributed by atoms with Crippen molar-refractivity contribution in [1.29, 1.82) is 0 Å². The highest BCUT2D eigenvalue weighted by molar-refractivity contribution is 6.29. The molecule has 3 nitrogen and oxygen atoms in total. The molecule has 0 aliphatic carbocycles. The highest BCUT2D eigenvalue weighted by atomic mass is 35.5. The third kappa shape index (κ3) is 2.32. The number of aliphatic hydroxyl groups is 1. The van der Waals surface area contributed by atoms with Crippen LogP contribution in [0.2, 0.25) is 5.15 Å². The molecular formula is C11H9ClN2O. The van der Waals surface area contributed by atoms with Crippen molar-refractivity contribution in [2.45, 2.75) is 6.61 Å². The molecule has 15 heavy (non-hydrogen) atoms. The Balaban J connectivity index is 2.44. The van der Waals surface area contributed by atoms with Crippen molar-refractivity contribution in [2.24, 2.45) is 0 Å². The van der Waals surface area contributed by atoms with Crippen LogP contribution in [0.1, 0.15) is 5.56 Å². The molecule has 0 saturated heterocycles. The van der Waals surface area contributed by atoms with Crippen molar-refractivity contribution in [3.05, 3.63) is 47.2 Å². The summed E-state index contributed by atoms with van der Waals surface area (Å²) >= 11 is 5.77. The number of hydrogen-bond acceptors (Lipinski definition) is 3. The van der Waals surface area contributed by atoms with Crippen molar-refractivity contribution < 1.29 is 5.11 Å². The Labute approximate surface area is 92.4 Å². The van der Waals surface area contributed by atoms with E-state index in [1.807, 2.05) is 24.3 Å². The number of benzene rings is 1. The van der Waals surface area contributed by atoms with Crippen LogP contribution < -0.4 is 0 Å². The van der Waals surface area contributed by atoms with Gasteiger partial charge in [0, 0.05) is 11.8 Å². The molecule has 0 radical (unpaired) electrons. The first-order chi connectivity index (χ1) is 7.29. The highest BCUT2D eigenvalue weighted by Crippen LogP contribution is 2.17. The Hall–Kier alpha value is -1.45. The summed E-state index contributed by atoms with van der Waals surface area (Å²) in [5.41, 5.74) is 1.68. The number of aliphatic hydroxyl groups excluding tert-OH is 1. The lowest BCUT2D eigenvalue weighted by Gasteiger charge is -2.01. The summed E-state index contributed by atoms with van der Waals surface area (Å²) < 4.78 is 0. The maximum Gasteiger partial charge on any atom is 0.160 e. The van der Waals surface area contributed by atoms with E-state index in [0.29, 0.717) is 11.0 Å². The van der Waals surface area contributed by atoms with Crippen molar-refractivity contribution in [3.63, 3.8) is 0 Å². The van der Waals surface area contributed by atoms with Crippen molar-refractivity contribution in [1.82, 2.24) is 9.97 Å². The van der Waals surface area contributed by atoms with E-state index in [4.69, 9.17) is 16.7 Å². The van der Waals surface area contributed by atoms with Gasteiger partial charge in [0.25, 0.3) is 0 Å². The van der Waals surface area contributed by atoms with Gasteiger partial charge in [-0.05, 0) is 17.7 Å². The van der Waals surface area contributed by atoms with Gasteiger partial charge in [-0.15, -0.1) is 0 Å². The predicted octanol–water partition coefficient (Wildman–Crippen LogP) is 2.29. The second-order valence-electron chi connectivity index (χ2n) is 3.06. The maximum atomic E-state index is 9.00. The lowest BCUT2D eigenvalue weighted by molar-refractivity contribution is 0.282. The molecule has 1 aromatic carbocycles. The van der Waals surface area contributed by atoms with Crippen LogP contribution in [0, 0.1) is 0 Å². The summed E-state index contributed by atoms with van der Waals surface area (Å²) in [4.78, 5) is 8.20. The summed E-state index contributed by atoms with van der Waals surface area (Å²) in [5.74, 6) is 0.567. The SMILES string of the molecule is OCc1cccc(-c2nccc(Cl)n2)c1. The van der Waals surface area contributed by atoms with Crippen molar-refractivity contribution in [3.8, 4) is 11.4 Å². The zero-order valence-corrected chi connectivity index (χ0v) is 8.65. The minimum atomic E-state index is 0.00834. The number of hydrogen-bond donors (Lipinski definition) is 1. The van der Waals surface area contributed by atoms with Crippen LogP contribution >= 0.6 is 11.6 Å². The molecule has 2 aromatic rings. The first kappa shape index (κ1) is 10.1. The van der Waals surface area contributed by atoms with Crippen molar-refractivity contribution in [2.75, 3.05) is 0 Å².